The van der Waals surface area contributed by atoms with Gasteiger partial charge in [0.15, 0.2) is 0 Å². The van der Waals surface area contributed by atoms with Crippen molar-refractivity contribution in [3.8, 4) is 0 Å². The van der Waals surface area contributed by atoms with Gasteiger partial charge in [-0.25, -0.2) is 4.79 Å². The van der Waals surface area contributed by atoms with E-state index in [0.29, 0.717) is 11.4 Å². The molecule has 2 rings (SSSR count). The van der Waals surface area contributed by atoms with E-state index in [4.69, 9.17) is 16.7 Å². The monoisotopic (exact) mass is 311 g/mol. The lowest BCUT2D eigenvalue weighted by Gasteiger charge is -2.21. The molecule has 2 N–H and O–H groups in total. The number of amides is 1. The highest BCUT2D eigenvalue weighted by atomic mass is 35.5. The molecule has 6 heteroatoms. The smallest absolute Gasteiger partial charge is 0.326 e. The Labute approximate surface area is 128 Å². The highest BCUT2D eigenvalue weighted by Crippen LogP contribution is 2.21. The van der Waals surface area contributed by atoms with Gasteiger partial charge in [0, 0.05) is 24.4 Å². The molecule has 21 heavy (non-hydrogen) atoms. The summed E-state index contributed by atoms with van der Waals surface area (Å²) in [5.74, 6) is -1.33. The maximum Gasteiger partial charge on any atom is 0.326 e. The third-order valence-corrected chi connectivity index (χ3v) is 4.16. The minimum Gasteiger partial charge on any atom is -0.480 e. The predicted octanol–water partition coefficient (Wildman–Crippen LogP) is 1.63. The predicted molar refractivity (Wildman–Crippen MR) is 78.3 cm³/mol. The van der Waals surface area contributed by atoms with Crippen LogP contribution >= 0.6 is 11.6 Å². The summed E-state index contributed by atoms with van der Waals surface area (Å²) in [5.41, 5.74) is 1.91. The lowest BCUT2D eigenvalue weighted by atomic mass is 10.1. The summed E-state index contributed by atoms with van der Waals surface area (Å²) in [6.45, 7) is 1.99. The molecule has 1 heterocycles. The van der Waals surface area contributed by atoms with Crippen LogP contribution in [0.4, 0.5) is 0 Å². The van der Waals surface area contributed by atoms with Gasteiger partial charge in [-0.05, 0) is 30.5 Å². The molecule has 2 atom stereocenters. The topological polar surface area (TPSA) is 77.8 Å². The number of nitrogens with zero attached hydrogens (tertiary/aromatic N) is 1. The van der Waals surface area contributed by atoms with Gasteiger partial charge in [0.2, 0.25) is 5.91 Å². The van der Waals surface area contributed by atoms with E-state index in [1.165, 1.54) is 4.90 Å². The first-order chi connectivity index (χ1) is 9.88. The molecular formula is C15H18ClNO4. The van der Waals surface area contributed by atoms with Crippen LogP contribution in [0.1, 0.15) is 24.0 Å². The largest absolute Gasteiger partial charge is 0.480 e. The van der Waals surface area contributed by atoms with Crippen LogP contribution in [0.15, 0.2) is 18.2 Å². The molecule has 1 saturated heterocycles. The highest BCUT2D eigenvalue weighted by molar-refractivity contribution is 6.31. The lowest BCUT2D eigenvalue weighted by molar-refractivity contribution is -0.148. The second-order valence-electron chi connectivity index (χ2n) is 5.37. The van der Waals surface area contributed by atoms with Gasteiger partial charge in [-0.3, -0.25) is 4.79 Å². The Morgan fingerprint density at radius 2 is 2.14 bits per heavy atom. The van der Waals surface area contributed by atoms with Gasteiger partial charge in [0.25, 0.3) is 0 Å². The Bertz CT molecular complexity index is 561. The normalized spacial score (nSPS) is 21.6. The summed E-state index contributed by atoms with van der Waals surface area (Å²) in [6.07, 6.45) is 0.0364. The summed E-state index contributed by atoms with van der Waals surface area (Å²) >= 11 is 6.03. The Balaban J connectivity index is 1.97. The number of aliphatic hydroxyl groups is 1. The zero-order valence-electron chi connectivity index (χ0n) is 11.8. The number of carbonyl (C=O) groups is 2. The standard InChI is InChI=1S/C15H18ClNO4/c1-9-2-3-10(6-12(9)16)4-5-14(19)17-8-11(18)7-13(17)15(20)21/h2-3,6,11,13,18H,4-5,7-8H2,1H3,(H,20,21). The van der Waals surface area contributed by atoms with E-state index in [-0.39, 0.29) is 25.3 Å². The number of hydrogen-bond donors (Lipinski definition) is 2. The number of carboxylic acids is 1. The average molecular weight is 312 g/mol. The number of rotatable bonds is 4. The zero-order chi connectivity index (χ0) is 15.6. The van der Waals surface area contributed by atoms with Crippen molar-refractivity contribution in [3.05, 3.63) is 34.3 Å². The van der Waals surface area contributed by atoms with Crippen LogP contribution in [0.25, 0.3) is 0 Å². The molecule has 114 valence electrons. The second-order valence-corrected chi connectivity index (χ2v) is 5.78. The van der Waals surface area contributed by atoms with Crippen LogP contribution in [0.5, 0.6) is 0 Å². The van der Waals surface area contributed by atoms with Crippen molar-refractivity contribution in [3.63, 3.8) is 0 Å². The van der Waals surface area contributed by atoms with E-state index in [1.54, 1.807) is 0 Å². The summed E-state index contributed by atoms with van der Waals surface area (Å²) in [5, 5.41) is 19.3. The number of carboxylic acid groups (broad SMARTS) is 1. The van der Waals surface area contributed by atoms with E-state index in [0.717, 1.165) is 11.1 Å². The molecule has 1 fully saturated rings. The molecule has 0 bridgehead atoms. The first-order valence-electron chi connectivity index (χ1n) is 6.84. The van der Waals surface area contributed by atoms with E-state index in [2.05, 4.69) is 0 Å². The molecule has 1 aromatic rings. The van der Waals surface area contributed by atoms with Gasteiger partial charge in [0.1, 0.15) is 6.04 Å². The Morgan fingerprint density at radius 3 is 2.76 bits per heavy atom. The first-order valence-corrected chi connectivity index (χ1v) is 7.21. The van der Waals surface area contributed by atoms with Crippen molar-refractivity contribution < 1.29 is 19.8 Å². The third-order valence-electron chi connectivity index (χ3n) is 3.75. The minimum absolute atomic E-state index is 0.0878. The number of carbonyl (C=O) groups excluding carboxylic acids is 1. The van der Waals surface area contributed by atoms with Gasteiger partial charge in [-0.2, -0.15) is 0 Å². The molecule has 0 saturated carbocycles. The SMILES string of the molecule is Cc1ccc(CCC(=O)N2CC(O)CC2C(=O)O)cc1Cl. The Morgan fingerprint density at radius 1 is 1.43 bits per heavy atom. The number of aliphatic hydroxyl groups excluding tert-OH is 1. The average Bonchev–Trinajstić information content (AvgIpc) is 2.82. The molecule has 1 amide bonds. The van der Waals surface area contributed by atoms with Gasteiger partial charge in [0.05, 0.1) is 6.10 Å². The van der Waals surface area contributed by atoms with E-state index in [9.17, 15) is 14.7 Å². The molecule has 0 spiro atoms. The maximum atomic E-state index is 12.1. The van der Waals surface area contributed by atoms with Crippen LogP contribution in [0.2, 0.25) is 5.02 Å². The van der Waals surface area contributed by atoms with E-state index < -0.39 is 18.1 Å². The van der Waals surface area contributed by atoms with Crippen LogP contribution in [-0.2, 0) is 16.0 Å². The maximum absolute atomic E-state index is 12.1. The van der Waals surface area contributed by atoms with Gasteiger partial charge in [-0.1, -0.05) is 23.7 Å². The van der Waals surface area contributed by atoms with Gasteiger partial charge >= 0.3 is 5.97 Å². The van der Waals surface area contributed by atoms with Crippen LogP contribution < -0.4 is 0 Å². The molecule has 1 aliphatic heterocycles. The van der Waals surface area contributed by atoms with Crippen molar-refractivity contribution in [2.45, 2.75) is 38.3 Å². The van der Waals surface area contributed by atoms with Crippen molar-refractivity contribution in [1.29, 1.82) is 0 Å². The number of aliphatic carboxylic acids is 1. The number of likely N-dealkylation sites (tertiary alicyclic amines) is 1. The molecule has 0 aromatic heterocycles. The number of hydrogen-bond acceptors (Lipinski definition) is 3. The highest BCUT2D eigenvalue weighted by Gasteiger charge is 2.38. The molecule has 5 nitrogen and oxygen atoms in total. The molecule has 0 aliphatic carbocycles. The van der Waals surface area contributed by atoms with E-state index >= 15 is 0 Å². The molecule has 1 aliphatic rings. The summed E-state index contributed by atoms with van der Waals surface area (Å²) < 4.78 is 0. The van der Waals surface area contributed by atoms with Crippen molar-refractivity contribution in [2.24, 2.45) is 0 Å². The zero-order valence-corrected chi connectivity index (χ0v) is 12.5. The molecule has 2 unspecified atom stereocenters. The van der Waals surface area contributed by atoms with Gasteiger partial charge < -0.3 is 15.1 Å². The Kier molecular flexibility index (Phi) is 4.85. The lowest BCUT2D eigenvalue weighted by Crippen LogP contribution is -2.40. The molecule has 0 radical (unpaired) electrons. The first kappa shape index (κ1) is 15.8. The Hall–Kier alpha value is -1.59. The summed E-state index contributed by atoms with van der Waals surface area (Å²) in [7, 11) is 0. The van der Waals surface area contributed by atoms with Crippen molar-refractivity contribution in [1.82, 2.24) is 4.90 Å². The molecular weight excluding hydrogens is 294 g/mol. The van der Waals surface area contributed by atoms with Crippen LogP contribution in [-0.4, -0.2) is 45.7 Å². The fourth-order valence-electron chi connectivity index (χ4n) is 2.51. The van der Waals surface area contributed by atoms with Crippen LogP contribution in [0, 0.1) is 6.92 Å². The molecule has 1 aromatic carbocycles. The fourth-order valence-corrected chi connectivity index (χ4v) is 2.71. The summed E-state index contributed by atoms with van der Waals surface area (Å²) in [6, 6.07) is 4.69. The quantitative estimate of drug-likeness (QED) is 0.886. The van der Waals surface area contributed by atoms with Crippen molar-refractivity contribution >= 4 is 23.5 Å². The van der Waals surface area contributed by atoms with Crippen molar-refractivity contribution in [2.75, 3.05) is 6.54 Å². The summed E-state index contributed by atoms with van der Waals surface area (Å²) in [4.78, 5) is 24.5. The van der Waals surface area contributed by atoms with Crippen LogP contribution in [0.3, 0.4) is 0 Å². The fraction of sp³-hybridized carbons (Fsp3) is 0.467. The number of benzene rings is 1. The van der Waals surface area contributed by atoms with E-state index in [1.807, 2.05) is 25.1 Å². The third kappa shape index (κ3) is 3.74. The number of β-amino-alcohol motifs (C(OH)–C–C–N with tert-alkyl or cyclic N) is 1. The minimum atomic E-state index is -1.07. The van der Waals surface area contributed by atoms with Gasteiger partial charge in [-0.15, -0.1) is 0 Å². The number of aryl methyl sites for hydroxylation is 2. The second kappa shape index (κ2) is 6.45. The number of halogens is 1.